The molecular weight excluding hydrogens is 167 g/mol. The van der Waals surface area contributed by atoms with E-state index < -0.39 is 8.25 Å². The van der Waals surface area contributed by atoms with Crippen molar-refractivity contribution in [2.24, 2.45) is 0 Å². The van der Waals surface area contributed by atoms with Crippen LogP contribution in [-0.2, 0) is 13.8 Å². The normalized spacial score (nSPS) is 32.4. The Hall–Kier alpha value is -0.0200. The molecule has 1 N–H and O–H groups in total. The van der Waals surface area contributed by atoms with Gasteiger partial charge in [-0.1, -0.05) is 0 Å². The predicted octanol–water partition coefficient (Wildman–Crippen LogP) is 1.22. The first-order chi connectivity index (χ1) is 5.18. The van der Waals surface area contributed by atoms with E-state index in [1.54, 1.807) is 0 Å². The van der Waals surface area contributed by atoms with Crippen molar-refractivity contribution in [2.45, 2.75) is 32.0 Å². The maximum absolute atomic E-state index is 10.1. The van der Waals surface area contributed by atoms with Gasteiger partial charge in [0.05, 0.1) is 12.2 Å². The van der Waals surface area contributed by atoms with E-state index in [-0.39, 0.29) is 18.8 Å². The number of rotatable bonds is 3. The summed E-state index contributed by atoms with van der Waals surface area (Å²) in [6.45, 7) is 2.22. The molecule has 1 aliphatic rings. The summed E-state index contributed by atoms with van der Waals surface area (Å²) in [5.41, 5.74) is 0. The van der Waals surface area contributed by atoms with Gasteiger partial charge in [0.25, 0.3) is 0 Å². The predicted molar refractivity (Wildman–Crippen MR) is 39.3 cm³/mol. The quantitative estimate of drug-likeness (QED) is 0.662. The molecule has 0 aliphatic carbocycles. The molecule has 64 valence electrons. The fourth-order valence-electron chi connectivity index (χ4n) is 1.15. The third kappa shape index (κ3) is 3.25. The van der Waals surface area contributed by atoms with Gasteiger partial charge in [-0.25, -0.2) is 0 Å². The Balaban J connectivity index is 2.13. The highest BCUT2D eigenvalue weighted by atomic mass is 31.1. The van der Waals surface area contributed by atoms with Gasteiger partial charge in [0, 0.05) is 4.57 Å². The van der Waals surface area contributed by atoms with Gasteiger partial charge in [-0.2, -0.15) is 0 Å². The van der Waals surface area contributed by atoms with Crippen LogP contribution in [0.4, 0.5) is 0 Å². The smallest absolute Gasteiger partial charge is 0.373 e. The second kappa shape index (κ2) is 4.12. The maximum Gasteiger partial charge on any atom is 0.694 e. The van der Waals surface area contributed by atoms with Gasteiger partial charge in [-0.15, -0.1) is 9.42 Å². The van der Waals surface area contributed by atoms with Gasteiger partial charge in [0.15, 0.2) is 0 Å². The zero-order valence-corrected chi connectivity index (χ0v) is 7.29. The van der Waals surface area contributed by atoms with Crippen LogP contribution >= 0.6 is 8.25 Å². The van der Waals surface area contributed by atoms with Gasteiger partial charge in [0.1, 0.15) is 6.61 Å². The lowest BCUT2D eigenvalue weighted by atomic mass is 10.2. The molecule has 0 aromatic heterocycles. The fraction of sp³-hybridized carbons (Fsp3) is 1.00. The Morgan fingerprint density at radius 1 is 1.73 bits per heavy atom. The summed E-state index contributed by atoms with van der Waals surface area (Å²) in [4.78, 5) is 8.31. The minimum atomic E-state index is -2.46. The van der Waals surface area contributed by atoms with E-state index in [1.807, 2.05) is 6.92 Å². The molecule has 0 aromatic carbocycles. The monoisotopic (exact) mass is 179 g/mol. The van der Waals surface area contributed by atoms with Crippen LogP contribution in [-0.4, -0.2) is 23.7 Å². The van der Waals surface area contributed by atoms with Gasteiger partial charge in [0.2, 0.25) is 0 Å². The standard InChI is InChI=1S/C6H11O4P/c1-5-2-3-6(10-5)4-9-11(7)8/h5-6H,2-4H2,1H3/p+1/t5?,6-/m0/s1. The number of hydrogen-bond donors (Lipinski definition) is 1. The van der Waals surface area contributed by atoms with Gasteiger partial charge in [-0.3, -0.25) is 0 Å². The molecule has 1 heterocycles. The van der Waals surface area contributed by atoms with Crippen LogP contribution in [0.15, 0.2) is 0 Å². The zero-order chi connectivity index (χ0) is 8.27. The molecule has 0 amide bonds. The van der Waals surface area contributed by atoms with Crippen molar-refractivity contribution in [3.8, 4) is 0 Å². The Morgan fingerprint density at radius 2 is 2.45 bits per heavy atom. The molecule has 0 saturated carbocycles. The molecule has 11 heavy (non-hydrogen) atoms. The van der Waals surface area contributed by atoms with Crippen molar-refractivity contribution in [1.29, 1.82) is 0 Å². The van der Waals surface area contributed by atoms with Crippen molar-refractivity contribution < 1.29 is 18.7 Å². The summed E-state index contributed by atoms with van der Waals surface area (Å²) < 4.78 is 20.0. The van der Waals surface area contributed by atoms with Crippen LogP contribution in [0.2, 0.25) is 0 Å². The molecule has 1 aliphatic heterocycles. The van der Waals surface area contributed by atoms with Crippen molar-refractivity contribution in [1.82, 2.24) is 0 Å². The number of hydrogen-bond acceptors (Lipinski definition) is 3. The Bertz CT molecular complexity index is 150. The average Bonchev–Trinajstić information content (AvgIpc) is 2.31. The van der Waals surface area contributed by atoms with E-state index in [0.717, 1.165) is 12.8 Å². The van der Waals surface area contributed by atoms with Crippen molar-refractivity contribution in [3.63, 3.8) is 0 Å². The second-order valence-corrected chi connectivity index (χ2v) is 3.41. The minimum Gasteiger partial charge on any atom is -0.373 e. The van der Waals surface area contributed by atoms with Gasteiger partial charge in [-0.05, 0) is 19.8 Å². The Kier molecular flexibility index (Phi) is 3.40. The maximum atomic E-state index is 10.1. The van der Waals surface area contributed by atoms with Crippen LogP contribution < -0.4 is 0 Å². The van der Waals surface area contributed by atoms with Crippen LogP contribution in [0.1, 0.15) is 19.8 Å². The first-order valence-electron chi connectivity index (χ1n) is 3.63. The molecule has 5 heteroatoms. The third-order valence-electron chi connectivity index (χ3n) is 1.69. The van der Waals surface area contributed by atoms with Crippen molar-refractivity contribution in [2.75, 3.05) is 6.61 Å². The Morgan fingerprint density at radius 3 is 2.91 bits per heavy atom. The van der Waals surface area contributed by atoms with Crippen LogP contribution in [0.3, 0.4) is 0 Å². The summed E-state index contributed by atoms with van der Waals surface area (Å²) in [7, 11) is -2.46. The van der Waals surface area contributed by atoms with Crippen molar-refractivity contribution >= 4 is 8.25 Å². The van der Waals surface area contributed by atoms with Gasteiger partial charge < -0.3 is 4.74 Å². The molecule has 0 radical (unpaired) electrons. The highest BCUT2D eigenvalue weighted by Gasteiger charge is 2.25. The summed E-state index contributed by atoms with van der Waals surface area (Å²) >= 11 is 0. The lowest BCUT2D eigenvalue weighted by Gasteiger charge is -2.05. The number of ether oxygens (including phenoxy) is 1. The van der Waals surface area contributed by atoms with Crippen LogP contribution in [0.25, 0.3) is 0 Å². The topological polar surface area (TPSA) is 55.8 Å². The van der Waals surface area contributed by atoms with Crippen LogP contribution in [0, 0.1) is 0 Å². The largest absolute Gasteiger partial charge is 0.694 e. The summed E-state index contributed by atoms with van der Waals surface area (Å²) in [6, 6.07) is 0. The molecule has 0 aromatic rings. The average molecular weight is 179 g/mol. The van der Waals surface area contributed by atoms with Gasteiger partial charge >= 0.3 is 8.25 Å². The summed E-state index contributed by atoms with van der Waals surface area (Å²) in [5, 5.41) is 0. The molecule has 2 unspecified atom stereocenters. The Labute approximate surface area is 66.5 Å². The first-order valence-corrected chi connectivity index (χ1v) is 4.76. The molecule has 4 nitrogen and oxygen atoms in total. The van der Waals surface area contributed by atoms with E-state index in [1.165, 1.54) is 0 Å². The molecule has 0 spiro atoms. The lowest BCUT2D eigenvalue weighted by molar-refractivity contribution is 0.0257. The third-order valence-corrected chi connectivity index (χ3v) is 2.06. The van der Waals surface area contributed by atoms with E-state index in [0.29, 0.717) is 0 Å². The molecule has 1 fully saturated rings. The molecule has 0 bridgehead atoms. The van der Waals surface area contributed by atoms with E-state index >= 15 is 0 Å². The van der Waals surface area contributed by atoms with E-state index in [2.05, 4.69) is 4.52 Å². The zero-order valence-electron chi connectivity index (χ0n) is 6.40. The lowest BCUT2D eigenvalue weighted by Crippen LogP contribution is -2.13. The SMILES string of the molecule is CC1CC[C@@H](CO[P+](=O)O)O1. The van der Waals surface area contributed by atoms with E-state index in [9.17, 15) is 4.57 Å². The minimum absolute atomic E-state index is 0.0103. The second-order valence-electron chi connectivity index (χ2n) is 2.68. The summed E-state index contributed by atoms with van der Waals surface area (Å²) in [5.74, 6) is 0. The first kappa shape index (κ1) is 9.07. The summed E-state index contributed by atoms with van der Waals surface area (Å²) in [6.07, 6.45) is 2.21. The fourth-order valence-corrected chi connectivity index (χ4v) is 1.45. The molecule has 3 atom stereocenters. The highest BCUT2D eigenvalue weighted by molar-refractivity contribution is 7.32. The van der Waals surface area contributed by atoms with E-state index in [4.69, 9.17) is 9.63 Å². The van der Waals surface area contributed by atoms with Crippen LogP contribution in [0.5, 0.6) is 0 Å². The highest BCUT2D eigenvalue weighted by Crippen LogP contribution is 2.23. The molecular formula is C6H12O4P+. The van der Waals surface area contributed by atoms with Crippen molar-refractivity contribution in [3.05, 3.63) is 0 Å². The molecule has 1 saturated heterocycles. The molecule has 1 rings (SSSR count).